The molecular weight excluding hydrogens is 737 g/mol. The largest absolute Gasteiger partial charge is 0.493 e. The molecule has 2 aromatic carbocycles. The van der Waals surface area contributed by atoms with Gasteiger partial charge in [0, 0.05) is 56.6 Å². The highest BCUT2D eigenvalue weighted by Crippen LogP contribution is 2.34. The van der Waals surface area contributed by atoms with E-state index in [9.17, 15) is 28.8 Å². The molecule has 6 amide bonds. The van der Waals surface area contributed by atoms with Crippen LogP contribution < -0.4 is 15.4 Å². The van der Waals surface area contributed by atoms with Gasteiger partial charge in [-0.15, -0.1) is 0 Å². The van der Waals surface area contributed by atoms with Crippen molar-refractivity contribution in [2.75, 3.05) is 45.9 Å². The molecular formula is C45H52N6O7. The number of pyridine rings is 1. The molecule has 5 heterocycles. The maximum absolute atomic E-state index is 13.3. The zero-order chi connectivity index (χ0) is 40.4. The Hall–Kier alpha value is -5.69. The minimum Gasteiger partial charge on any atom is -0.493 e. The second-order valence-electron chi connectivity index (χ2n) is 15.7. The van der Waals surface area contributed by atoms with Crippen molar-refractivity contribution in [2.24, 2.45) is 5.92 Å². The fourth-order valence-corrected chi connectivity index (χ4v) is 8.54. The van der Waals surface area contributed by atoms with Crippen molar-refractivity contribution in [3.63, 3.8) is 0 Å². The van der Waals surface area contributed by atoms with Crippen LogP contribution in [0.5, 0.6) is 5.75 Å². The van der Waals surface area contributed by atoms with Gasteiger partial charge in [-0.3, -0.25) is 44.0 Å². The standard InChI is InChI=1S/C45H52N6O7/c52-39(16-10-32-7-4-22-46-30-32)47-23-2-1-6-31-18-27-50(28-19-31)43(55)35-13-11-33(12-14-35)34-20-25-49(26-21-34)24-5-29-58-38-9-3-8-36-41(38)45(57)51(44(36)56)37-15-17-40(53)48-42(37)54/h3-4,7-14,16,22,30-31,34,37H,1-2,5-6,15,17-21,23-29H2,(H,47,52)(H,48,53,54)/b16-10+. The molecule has 7 rings (SSSR count). The number of hydrogen-bond donors (Lipinski definition) is 2. The van der Waals surface area contributed by atoms with Gasteiger partial charge in [-0.1, -0.05) is 37.1 Å². The van der Waals surface area contributed by atoms with E-state index in [-0.39, 0.29) is 35.8 Å². The number of aromatic nitrogens is 1. The highest BCUT2D eigenvalue weighted by molar-refractivity contribution is 6.24. The molecule has 304 valence electrons. The number of nitrogens with zero attached hydrogens (tertiary/aromatic N) is 4. The number of amides is 6. The second kappa shape index (κ2) is 19.2. The van der Waals surface area contributed by atoms with Crippen molar-refractivity contribution in [2.45, 2.75) is 76.2 Å². The predicted octanol–water partition coefficient (Wildman–Crippen LogP) is 4.98. The van der Waals surface area contributed by atoms with E-state index < -0.39 is 29.7 Å². The van der Waals surface area contributed by atoms with E-state index in [1.165, 1.54) is 5.56 Å². The number of piperidine rings is 3. The summed E-state index contributed by atoms with van der Waals surface area (Å²) in [6.45, 7) is 5.33. The van der Waals surface area contributed by atoms with Crippen molar-refractivity contribution in [1.82, 2.24) is 30.3 Å². The number of ether oxygens (including phenoxy) is 1. The summed E-state index contributed by atoms with van der Waals surface area (Å²) in [5, 5.41) is 5.18. The van der Waals surface area contributed by atoms with Crippen LogP contribution in [-0.2, 0) is 14.4 Å². The van der Waals surface area contributed by atoms with Gasteiger partial charge in [0.05, 0.1) is 17.7 Å². The van der Waals surface area contributed by atoms with Crippen molar-refractivity contribution >= 4 is 41.5 Å². The van der Waals surface area contributed by atoms with Crippen molar-refractivity contribution in [3.8, 4) is 5.75 Å². The van der Waals surface area contributed by atoms with Crippen molar-refractivity contribution in [1.29, 1.82) is 0 Å². The lowest BCUT2D eigenvalue weighted by molar-refractivity contribution is -0.136. The van der Waals surface area contributed by atoms with Gasteiger partial charge in [0.2, 0.25) is 17.7 Å². The van der Waals surface area contributed by atoms with Gasteiger partial charge in [0.25, 0.3) is 17.7 Å². The molecule has 58 heavy (non-hydrogen) atoms. The van der Waals surface area contributed by atoms with E-state index in [2.05, 4.69) is 32.7 Å². The summed E-state index contributed by atoms with van der Waals surface area (Å²) in [4.78, 5) is 85.3. The molecule has 0 aliphatic carbocycles. The molecule has 4 aliphatic heterocycles. The topological polar surface area (TPSA) is 158 Å². The molecule has 0 spiro atoms. The van der Waals surface area contributed by atoms with E-state index in [4.69, 9.17) is 4.74 Å². The number of carbonyl (C=O) groups excluding carboxylic acids is 6. The molecule has 2 N–H and O–H groups in total. The van der Waals surface area contributed by atoms with Crippen LogP contribution in [0.3, 0.4) is 0 Å². The third kappa shape index (κ3) is 9.87. The minimum absolute atomic E-state index is 0.0691. The third-order valence-electron chi connectivity index (χ3n) is 11.9. The Morgan fingerprint density at radius 1 is 0.862 bits per heavy atom. The zero-order valence-electron chi connectivity index (χ0n) is 32.9. The first-order chi connectivity index (χ1) is 28.2. The first-order valence-corrected chi connectivity index (χ1v) is 20.7. The highest BCUT2D eigenvalue weighted by atomic mass is 16.5. The Bertz CT molecular complexity index is 2000. The lowest BCUT2D eigenvalue weighted by Gasteiger charge is -2.33. The van der Waals surface area contributed by atoms with Gasteiger partial charge in [-0.2, -0.15) is 0 Å². The van der Waals surface area contributed by atoms with Gasteiger partial charge < -0.3 is 19.9 Å². The fourth-order valence-electron chi connectivity index (χ4n) is 8.54. The average Bonchev–Trinajstić information content (AvgIpc) is 3.51. The number of carbonyl (C=O) groups is 6. The molecule has 1 atom stereocenters. The van der Waals surface area contributed by atoms with Crippen LogP contribution in [0.4, 0.5) is 0 Å². The van der Waals surface area contributed by atoms with Crippen LogP contribution in [0.1, 0.15) is 112 Å². The summed E-state index contributed by atoms with van der Waals surface area (Å²) >= 11 is 0. The van der Waals surface area contributed by atoms with E-state index >= 15 is 0 Å². The molecule has 13 nitrogen and oxygen atoms in total. The van der Waals surface area contributed by atoms with Crippen molar-refractivity contribution in [3.05, 3.63) is 101 Å². The molecule has 1 aromatic heterocycles. The Labute approximate surface area is 339 Å². The van der Waals surface area contributed by atoms with E-state index in [0.29, 0.717) is 30.7 Å². The Balaban J connectivity index is 0.773. The average molecular weight is 789 g/mol. The number of hydrogen-bond acceptors (Lipinski definition) is 9. The molecule has 13 heteroatoms. The van der Waals surface area contributed by atoms with Gasteiger partial charge in [-0.25, -0.2) is 0 Å². The number of benzene rings is 2. The molecule has 0 bridgehead atoms. The molecule has 3 aromatic rings. The summed E-state index contributed by atoms with van der Waals surface area (Å²) in [7, 11) is 0. The van der Waals surface area contributed by atoms with E-state index in [0.717, 1.165) is 100 Å². The number of imide groups is 2. The number of rotatable bonds is 15. The monoisotopic (exact) mass is 788 g/mol. The van der Waals surface area contributed by atoms with Gasteiger partial charge in [0.1, 0.15) is 11.8 Å². The lowest BCUT2D eigenvalue weighted by atomic mass is 9.88. The molecule has 3 fully saturated rings. The Kier molecular flexibility index (Phi) is 13.4. The van der Waals surface area contributed by atoms with Crippen LogP contribution in [0.2, 0.25) is 0 Å². The summed E-state index contributed by atoms with van der Waals surface area (Å²) in [5.41, 5.74) is 3.28. The number of fused-ring (bicyclic) bond motifs is 1. The van der Waals surface area contributed by atoms with Crippen LogP contribution in [0.15, 0.2) is 73.1 Å². The molecule has 0 radical (unpaired) electrons. The first-order valence-electron chi connectivity index (χ1n) is 20.7. The number of nitrogens with one attached hydrogen (secondary N) is 2. The normalized spacial score (nSPS) is 19.4. The highest BCUT2D eigenvalue weighted by Gasteiger charge is 2.46. The zero-order valence-corrected chi connectivity index (χ0v) is 32.9. The van der Waals surface area contributed by atoms with Crippen LogP contribution in [0, 0.1) is 5.92 Å². The molecule has 1 unspecified atom stereocenters. The summed E-state index contributed by atoms with van der Waals surface area (Å²) in [6, 6.07) is 15.8. The van der Waals surface area contributed by atoms with Gasteiger partial charge in [-0.05, 0) is 117 Å². The van der Waals surface area contributed by atoms with E-state index in [1.54, 1.807) is 42.7 Å². The number of likely N-dealkylation sites (tertiary alicyclic amines) is 2. The Morgan fingerprint density at radius 2 is 1.66 bits per heavy atom. The summed E-state index contributed by atoms with van der Waals surface area (Å²) < 4.78 is 6.03. The maximum Gasteiger partial charge on any atom is 0.266 e. The van der Waals surface area contributed by atoms with Gasteiger partial charge >= 0.3 is 0 Å². The predicted molar refractivity (Wildman–Crippen MR) is 217 cm³/mol. The summed E-state index contributed by atoms with van der Waals surface area (Å²) in [5.74, 6) is -0.783. The maximum atomic E-state index is 13.3. The molecule has 4 aliphatic rings. The fraction of sp³-hybridized carbons (Fsp3) is 0.444. The van der Waals surface area contributed by atoms with Crippen LogP contribution >= 0.6 is 0 Å². The minimum atomic E-state index is -1.01. The third-order valence-corrected chi connectivity index (χ3v) is 11.9. The van der Waals surface area contributed by atoms with E-state index in [1.807, 2.05) is 29.2 Å². The second-order valence-corrected chi connectivity index (χ2v) is 15.7. The SMILES string of the molecule is O=C(/C=C/c1cccnc1)NCCCCC1CCN(C(=O)c2ccc(C3CCN(CCCOc4cccc5c4C(=O)N(C4CCC(=O)NC4=O)C5=O)CC3)cc2)CC1. The quantitative estimate of drug-likeness (QED) is 0.123. The number of unbranched alkanes of at least 4 members (excludes halogenated alkanes) is 1. The van der Waals surface area contributed by atoms with Gasteiger partial charge in [0.15, 0.2) is 0 Å². The lowest BCUT2D eigenvalue weighted by Crippen LogP contribution is -2.54. The smallest absolute Gasteiger partial charge is 0.266 e. The molecule has 3 saturated heterocycles. The molecule has 0 saturated carbocycles. The van der Waals surface area contributed by atoms with Crippen molar-refractivity contribution < 1.29 is 33.5 Å². The summed E-state index contributed by atoms with van der Waals surface area (Å²) in [6.07, 6.45) is 14.8. The Morgan fingerprint density at radius 3 is 2.40 bits per heavy atom. The van der Waals surface area contributed by atoms with Crippen LogP contribution in [0.25, 0.3) is 6.08 Å². The van der Waals surface area contributed by atoms with Crippen LogP contribution in [-0.4, -0.2) is 107 Å². The first kappa shape index (κ1) is 40.5.